The Morgan fingerprint density at radius 1 is 1.04 bits per heavy atom. The fraction of sp³-hybridized carbons (Fsp3) is 0.211. The number of allylic oxidation sites excluding steroid dienone is 1. The molecule has 3 nitrogen and oxygen atoms in total. The number of carbonyl (C=O) groups is 1. The molecule has 0 fully saturated rings. The molecule has 0 aromatic heterocycles. The summed E-state index contributed by atoms with van der Waals surface area (Å²) < 4.78 is 10.4. The molecule has 0 radical (unpaired) electrons. The summed E-state index contributed by atoms with van der Waals surface area (Å²) in [6, 6.07) is 15.2. The number of thioether (sulfide) groups is 1. The maximum Gasteiger partial charge on any atom is 0.185 e. The topological polar surface area (TPSA) is 35.5 Å². The van der Waals surface area contributed by atoms with E-state index in [-0.39, 0.29) is 5.78 Å². The van der Waals surface area contributed by atoms with Crippen molar-refractivity contribution in [1.29, 1.82) is 0 Å². The van der Waals surface area contributed by atoms with Gasteiger partial charge >= 0.3 is 0 Å². The van der Waals surface area contributed by atoms with Crippen LogP contribution in [0.25, 0.3) is 6.08 Å². The van der Waals surface area contributed by atoms with Gasteiger partial charge in [0, 0.05) is 17.6 Å². The van der Waals surface area contributed by atoms with Crippen molar-refractivity contribution in [2.24, 2.45) is 0 Å². The summed E-state index contributed by atoms with van der Waals surface area (Å²) in [7, 11) is 1.63. The van der Waals surface area contributed by atoms with Gasteiger partial charge in [0.05, 0.1) is 6.61 Å². The van der Waals surface area contributed by atoms with Crippen LogP contribution >= 0.6 is 11.8 Å². The third-order valence-electron chi connectivity index (χ3n) is 3.24. The summed E-state index contributed by atoms with van der Waals surface area (Å²) in [5.41, 5.74) is 1.65. The van der Waals surface area contributed by atoms with E-state index in [4.69, 9.17) is 9.47 Å². The van der Waals surface area contributed by atoms with Gasteiger partial charge in [0.2, 0.25) is 0 Å². The normalized spacial score (nSPS) is 10.9. The third kappa shape index (κ3) is 5.58. The molecule has 2 rings (SSSR count). The van der Waals surface area contributed by atoms with Gasteiger partial charge in [-0.15, -0.1) is 11.8 Å². The van der Waals surface area contributed by atoms with Crippen molar-refractivity contribution in [1.82, 2.24) is 0 Å². The van der Waals surface area contributed by atoms with E-state index < -0.39 is 0 Å². The van der Waals surface area contributed by atoms with Crippen LogP contribution in [-0.2, 0) is 4.74 Å². The molecule has 0 unspecified atom stereocenters. The van der Waals surface area contributed by atoms with Gasteiger partial charge < -0.3 is 9.47 Å². The molecule has 0 saturated heterocycles. The molecule has 0 aliphatic heterocycles. The van der Waals surface area contributed by atoms with Gasteiger partial charge in [0.15, 0.2) is 5.78 Å². The lowest BCUT2D eigenvalue weighted by molar-refractivity contribution is 0.104. The second-order valence-corrected chi connectivity index (χ2v) is 5.72. The smallest absolute Gasteiger partial charge is 0.185 e. The summed E-state index contributed by atoms with van der Waals surface area (Å²) in [4.78, 5) is 13.4. The lowest BCUT2D eigenvalue weighted by atomic mass is 10.1. The number of ketones is 1. The Labute approximate surface area is 141 Å². The van der Waals surface area contributed by atoms with E-state index in [0.29, 0.717) is 18.8 Å². The molecule has 0 atom stereocenters. The predicted molar refractivity (Wildman–Crippen MR) is 95.4 cm³/mol. The largest absolute Gasteiger partial charge is 0.491 e. The number of ether oxygens (including phenoxy) is 2. The van der Waals surface area contributed by atoms with Crippen LogP contribution in [0.1, 0.15) is 15.9 Å². The molecule has 2 aromatic carbocycles. The molecule has 0 aliphatic rings. The Bertz CT molecular complexity index is 645. The second kappa shape index (κ2) is 9.18. The Hall–Kier alpha value is -2.04. The third-order valence-corrected chi connectivity index (χ3v) is 3.98. The molecule has 0 heterocycles. The molecule has 4 heteroatoms. The fourth-order valence-corrected chi connectivity index (χ4v) is 2.35. The minimum atomic E-state index is -0.0256. The highest BCUT2D eigenvalue weighted by Crippen LogP contribution is 2.16. The summed E-state index contributed by atoms with van der Waals surface area (Å²) in [6.45, 7) is 1.04. The fourth-order valence-electron chi connectivity index (χ4n) is 1.94. The maximum absolute atomic E-state index is 12.2. The number of benzene rings is 2. The standard InChI is InChI=1S/C19H20O3S/c1-21-13-14-22-17-8-6-16(7-9-17)19(20)12-5-15-3-10-18(23-2)11-4-15/h3-12H,13-14H2,1-2H3/b12-5+. The highest BCUT2D eigenvalue weighted by molar-refractivity contribution is 7.98. The van der Waals surface area contributed by atoms with Crippen LogP contribution in [0.15, 0.2) is 59.5 Å². The highest BCUT2D eigenvalue weighted by atomic mass is 32.2. The summed E-state index contributed by atoms with van der Waals surface area (Å²) in [6.07, 6.45) is 5.46. The van der Waals surface area contributed by atoms with Gasteiger partial charge in [0.1, 0.15) is 12.4 Å². The van der Waals surface area contributed by atoms with Crippen molar-refractivity contribution in [3.8, 4) is 5.75 Å². The highest BCUT2D eigenvalue weighted by Gasteiger charge is 2.02. The number of hydrogen-bond acceptors (Lipinski definition) is 4. The van der Waals surface area contributed by atoms with Gasteiger partial charge in [0.25, 0.3) is 0 Å². The SMILES string of the molecule is COCCOc1ccc(C(=O)/C=C/c2ccc(SC)cc2)cc1. The Kier molecular flexibility index (Phi) is 6.91. The van der Waals surface area contributed by atoms with Crippen LogP contribution in [0.4, 0.5) is 0 Å². The summed E-state index contributed by atoms with van der Waals surface area (Å²) >= 11 is 1.70. The van der Waals surface area contributed by atoms with Crippen LogP contribution < -0.4 is 4.74 Å². The van der Waals surface area contributed by atoms with E-state index >= 15 is 0 Å². The van der Waals surface area contributed by atoms with Gasteiger partial charge in [-0.25, -0.2) is 0 Å². The Morgan fingerprint density at radius 2 is 1.74 bits per heavy atom. The monoisotopic (exact) mass is 328 g/mol. The van der Waals surface area contributed by atoms with Gasteiger partial charge in [-0.2, -0.15) is 0 Å². The van der Waals surface area contributed by atoms with E-state index in [1.807, 2.05) is 36.6 Å². The molecule has 23 heavy (non-hydrogen) atoms. The number of carbonyl (C=O) groups excluding carboxylic acids is 1. The van der Waals surface area contributed by atoms with E-state index in [9.17, 15) is 4.79 Å². The minimum absolute atomic E-state index is 0.0256. The Balaban J connectivity index is 1.95. The zero-order chi connectivity index (χ0) is 16.5. The van der Waals surface area contributed by atoms with E-state index in [0.717, 1.165) is 11.3 Å². The summed E-state index contributed by atoms with van der Waals surface area (Å²) in [5, 5.41) is 0. The predicted octanol–water partition coefficient (Wildman–Crippen LogP) is 4.33. The quantitative estimate of drug-likeness (QED) is 0.313. The summed E-state index contributed by atoms with van der Waals surface area (Å²) in [5.74, 6) is 0.706. The Morgan fingerprint density at radius 3 is 2.35 bits per heavy atom. The molecule has 120 valence electrons. The lowest BCUT2D eigenvalue weighted by Crippen LogP contribution is -2.04. The second-order valence-electron chi connectivity index (χ2n) is 4.84. The maximum atomic E-state index is 12.2. The van der Waals surface area contributed by atoms with Crippen molar-refractivity contribution in [3.05, 3.63) is 65.7 Å². The molecular formula is C19H20O3S. The first-order chi connectivity index (χ1) is 11.2. The van der Waals surface area contributed by atoms with Gasteiger partial charge in [-0.3, -0.25) is 4.79 Å². The zero-order valence-electron chi connectivity index (χ0n) is 13.3. The van der Waals surface area contributed by atoms with Gasteiger partial charge in [-0.1, -0.05) is 18.2 Å². The molecule has 0 saturated carbocycles. The van der Waals surface area contributed by atoms with Crippen LogP contribution in [0, 0.1) is 0 Å². The molecule has 0 bridgehead atoms. The van der Waals surface area contributed by atoms with Crippen molar-refractivity contribution in [2.45, 2.75) is 4.90 Å². The number of rotatable bonds is 8. The zero-order valence-corrected chi connectivity index (χ0v) is 14.1. The molecule has 0 spiro atoms. The van der Waals surface area contributed by atoms with Crippen molar-refractivity contribution >= 4 is 23.6 Å². The van der Waals surface area contributed by atoms with Crippen molar-refractivity contribution in [2.75, 3.05) is 26.6 Å². The van der Waals surface area contributed by atoms with E-state index in [2.05, 4.69) is 0 Å². The molecule has 0 amide bonds. The molecule has 0 aliphatic carbocycles. The minimum Gasteiger partial charge on any atom is -0.491 e. The van der Waals surface area contributed by atoms with Crippen molar-refractivity contribution < 1.29 is 14.3 Å². The molecule has 2 aromatic rings. The number of hydrogen-bond donors (Lipinski definition) is 0. The van der Waals surface area contributed by atoms with Gasteiger partial charge in [-0.05, 0) is 54.3 Å². The van der Waals surface area contributed by atoms with Crippen LogP contribution in [-0.4, -0.2) is 32.4 Å². The van der Waals surface area contributed by atoms with Crippen molar-refractivity contribution in [3.63, 3.8) is 0 Å². The van der Waals surface area contributed by atoms with E-state index in [1.165, 1.54) is 4.90 Å². The number of methoxy groups -OCH3 is 1. The lowest BCUT2D eigenvalue weighted by Gasteiger charge is -2.05. The average Bonchev–Trinajstić information content (AvgIpc) is 2.61. The van der Waals surface area contributed by atoms with E-state index in [1.54, 1.807) is 49.2 Å². The molecule has 0 N–H and O–H groups in total. The first kappa shape index (κ1) is 17.3. The average molecular weight is 328 g/mol. The first-order valence-corrected chi connectivity index (χ1v) is 8.53. The first-order valence-electron chi connectivity index (χ1n) is 7.31. The van der Waals surface area contributed by atoms with Crippen LogP contribution in [0.5, 0.6) is 5.75 Å². The van der Waals surface area contributed by atoms with Crippen LogP contribution in [0.3, 0.4) is 0 Å². The van der Waals surface area contributed by atoms with Crippen LogP contribution in [0.2, 0.25) is 0 Å². The molecular weight excluding hydrogens is 308 g/mol.